The molecule has 9 heteroatoms. The number of hydrogen-bond donors (Lipinski definition) is 1. The molecular formula is C17H15F2N5OS. The van der Waals surface area contributed by atoms with Crippen LogP contribution in [0.2, 0.25) is 0 Å². The molecule has 1 amide bonds. The fraction of sp³-hybridized carbons (Fsp3) is 0.176. The van der Waals surface area contributed by atoms with Gasteiger partial charge in [0.2, 0.25) is 11.1 Å². The highest BCUT2D eigenvalue weighted by Gasteiger charge is 2.20. The zero-order valence-electron chi connectivity index (χ0n) is 14.0. The van der Waals surface area contributed by atoms with Gasteiger partial charge in [-0.15, -0.1) is 5.10 Å². The van der Waals surface area contributed by atoms with E-state index in [-0.39, 0.29) is 11.6 Å². The molecule has 1 unspecified atom stereocenters. The third-order valence-corrected chi connectivity index (χ3v) is 4.56. The van der Waals surface area contributed by atoms with Gasteiger partial charge in [0, 0.05) is 11.8 Å². The van der Waals surface area contributed by atoms with Crippen molar-refractivity contribution < 1.29 is 13.6 Å². The predicted octanol–water partition coefficient (Wildman–Crippen LogP) is 3.37. The van der Waals surface area contributed by atoms with E-state index in [4.69, 9.17) is 0 Å². The average molecular weight is 375 g/mol. The molecule has 0 fully saturated rings. The minimum Gasteiger partial charge on any atom is -0.325 e. The Morgan fingerprint density at radius 1 is 1.19 bits per heavy atom. The minimum absolute atomic E-state index is 0.180. The molecule has 3 rings (SSSR count). The van der Waals surface area contributed by atoms with Crippen LogP contribution >= 0.6 is 11.8 Å². The molecule has 0 saturated carbocycles. The molecule has 1 heterocycles. The number of carbonyl (C=O) groups excluding carboxylic acids is 1. The van der Waals surface area contributed by atoms with Crippen LogP contribution in [0.4, 0.5) is 14.5 Å². The molecule has 0 spiro atoms. The van der Waals surface area contributed by atoms with E-state index in [1.165, 1.54) is 6.07 Å². The summed E-state index contributed by atoms with van der Waals surface area (Å²) in [4.78, 5) is 12.3. The number of hydrogen-bond acceptors (Lipinski definition) is 5. The second-order valence-corrected chi connectivity index (χ2v) is 6.90. The fourth-order valence-electron chi connectivity index (χ4n) is 2.20. The van der Waals surface area contributed by atoms with Crippen molar-refractivity contribution in [1.29, 1.82) is 0 Å². The van der Waals surface area contributed by atoms with Crippen molar-refractivity contribution in [2.45, 2.75) is 24.3 Å². The van der Waals surface area contributed by atoms with Crippen LogP contribution in [-0.4, -0.2) is 31.4 Å². The Bertz CT molecular complexity index is 946. The van der Waals surface area contributed by atoms with Gasteiger partial charge in [-0.3, -0.25) is 4.79 Å². The summed E-state index contributed by atoms with van der Waals surface area (Å²) in [5.41, 5.74) is 2.02. The average Bonchev–Trinajstić information content (AvgIpc) is 3.06. The summed E-state index contributed by atoms with van der Waals surface area (Å²) in [5.74, 6) is -2.37. The summed E-state index contributed by atoms with van der Waals surface area (Å²) in [6, 6.07) is 10.8. The first kappa shape index (κ1) is 18.0. The van der Waals surface area contributed by atoms with Crippen LogP contribution in [0.5, 0.6) is 0 Å². The summed E-state index contributed by atoms with van der Waals surface area (Å²) in [7, 11) is 0. The van der Waals surface area contributed by atoms with Crippen molar-refractivity contribution >= 4 is 23.4 Å². The third-order valence-electron chi connectivity index (χ3n) is 3.53. The van der Waals surface area contributed by atoms with Crippen LogP contribution in [0.1, 0.15) is 12.5 Å². The summed E-state index contributed by atoms with van der Waals surface area (Å²) in [6.07, 6.45) is 0. The van der Waals surface area contributed by atoms with Crippen LogP contribution in [0.15, 0.2) is 47.6 Å². The number of tetrazole rings is 1. The smallest absolute Gasteiger partial charge is 0.237 e. The van der Waals surface area contributed by atoms with Crippen LogP contribution in [-0.2, 0) is 4.79 Å². The lowest BCUT2D eigenvalue weighted by Gasteiger charge is -2.12. The summed E-state index contributed by atoms with van der Waals surface area (Å²) >= 11 is 1.16. The molecule has 134 valence electrons. The number of anilines is 1. The molecule has 1 N–H and O–H groups in total. The zero-order valence-corrected chi connectivity index (χ0v) is 14.8. The van der Waals surface area contributed by atoms with E-state index in [1.807, 2.05) is 31.2 Å². The van der Waals surface area contributed by atoms with Crippen molar-refractivity contribution in [1.82, 2.24) is 20.2 Å². The Labute approximate surface area is 152 Å². The number of nitrogens with zero attached hydrogens (tertiary/aromatic N) is 4. The predicted molar refractivity (Wildman–Crippen MR) is 94.2 cm³/mol. The quantitative estimate of drug-likeness (QED) is 0.692. The maximum Gasteiger partial charge on any atom is 0.237 e. The lowest BCUT2D eigenvalue weighted by Crippen LogP contribution is -2.23. The van der Waals surface area contributed by atoms with Crippen LogP contribution in [0.3, 0.4) is 0 Å². The van der Waals surface area contributed by atoms with Crippen LogP contribution in [0.25, 0.3) is 5.69 Å². The number of nitrogens with one attached hydrogen (secondary N) is 1. The molecule has 3 aromatic rings. The van der Waals surface area contributed by atoms with Gasteiger partial charge in [0.1, 0.15) is 0 Å². The SMILES string of the molecule is Cc1cccc(-n2nnnc2SC(C)C(=O)Nc2ccc(F)c(F)c2)c1. The largest absolute Gasteiger partial charge is 0.325 e. The van der Waals surface area contributed by atoms with Crippen LogP contribution < -0.4 is 5.32 Å². The number of rotatable bonds is 5. The summed E-state index contributed by atoms with van der Waals surface area (Å²) in [6.45, 7) is 3.63. The number of benzene rings is 2. The van der Waals surface area contributed by atoms with Gasteiger partial charge in [0.05, 0.1) is 10.9 Å². The number of aryl methyl sites for hydroxylation is 1. The first-order valence-corrected chi connectivity index (χ1v) is 8.60. The number of thioether (sulfide) groups is 1. The van der Waals surface area contributed by atoms with E-state index in [1.54, 1.807) is 11.6 Å². The second-order valence-electron chi connectivity index (χ2n) is 5.59. The van der Waals surface area contributed by atoms with Gasteiger partial charge in [-0.1, -0.05) is 23.9 Å². The molecule has 0 bridgehead atoms. The number of carbonyl (C=O) groups is 1. The highest BCUT2D eigenvalue weighted by molar-refractivity contribution is 8.00. The molecule has 1 aromatic heterocycles. The number of amides is 1. The van der Waals surface area contributed by atoms with Gasteiger partial charge in [0.15, 0.2) is 11.6 Å². The van der Waals surface area contributed by atoms with Gasteiger partial charge in [-0.2, -0.15) is 4.68 Å². The number of halogens is 2. The van der Waals surface area contributed by atoms with E-state index in [2.05, 4.69) is 20.8 Å². The molecule has 6 nitrogen and oxygen atoms in total. The minimum atomic E-state index is -1.02. The standard InChI is InChI=1S/C17H15F2N5OS/c1-10-4-3-5-13(8-10)24-17(21-22-23-24)26-11(2)16(25)20-12-6-7-14(18)15(19)9-12/h3-9,11H,1-2H3,(H,20,25). The third kappa shape index (κ3) is 4.05. The Hall–Kier alpha value is -2.81. The Balaban J connectivity index is 1.72. The summed E-state index contributed by atoms with van der Waals surface area (Å²) < 4.78 is 27.8. The Morgan fingerprint density at radius 2 is 2.00 bits per heavy atom. The van der Waals surface area contributed by atoms with Crippen molar-refractivity contribution in [2.24, 2.45) is 0 Å². The van der Waals surface area contributed by atoms with E-state index < -0.39 is 16.9 Å². The second kappa shape index (κ2) is 7.61. The van der Waals surface area contributed by atoms with Crippen molar-refractivity contribution in [3.8, 4) is 5.69 Å². The first-order chi connectivity index (χ1) is 12.4. The van der Waals surface area contributed by atoms with Crippen molar-refractivity contribution in [3.63, 3.8) is 0 Å². The topological polar surface area (TPSA) is 72.7 Å². The van der Waals surface area contributed by atoms with E-state index >= 15 is 0 Å². The van der Waals surface area contributed by atoms with Gasteiger partial charge in [-0.05, 0) is 54.1 Å². The lowest BCUT2D eigenvalue weighted by molar-refractivity contribution is -0.115. The van der Waals surface area contributed by atoms with E-state index in [0.717, 1.165) is 35.1 Å². The van der Waals surface area contributed by atoms with Gasteiger partial charge in [-0.25, -0.2) is 8.78 Å². The fourth-order valence-corrected chi connectivity index (χ4v) is 3.01. The van der Waals surface area contributed by atoms with E-state index in [9.17, 15) is 13.6 Å². The highest BCUT2D eigenvalue weighted by atomic mass is 32.2. The maximum atomic E-state index is 13.2. The molecule has 0 radical (unpaired) electrons. The van der Waals surface area contributed by atoms with E-state index in [0.29, 0.717) is 5.16 Å². The zero-order chi connectivity index (χ0) is 18.7. The molecular weight excluding hydrogens is 360 g/mol. The van der Waals surface area contributed by atoms with Crippen molar-refractivity contribution in [2.75, 3.05) is 5.32 Å². The molecule has 2 aromatic carbocycles. The molecule has 26 heavy (non-hydrogen) atoms. The first-order valence-electron chi connectivity index (χ1n) is 7.72. The van der Waals surface area contributed by atoms with Crippen LogP contribution in [0, 0.1) is 18.6 Å². The maximum absolute atomic E-state index is 13.2. The van der Waals surface area contributed by atoms with Gasteiger partial charge < -0.3 is 5.32 Å². The Kier molecular flexibility index (Phi) is 5.27. The molecule has 0 aliphatic rings. The molecule has 1 atom stereocenters. The number of aromatic nitrogens is 4. The molecule has 0 saturated heterocycles. The van der Waals surface area contributed by atoms with Gasteiger partial charge >= 0.3 is 0 Å². The monoisotopic (exact) mass is 375 g/mol. The Morgan fingerprint density at radius 3 is 2.73 bits per heavy atom. The lowest BCUT2D eigenvalue weighted by atomic mass is 10.2. The van der Waals surface area contributed by atoms with Gasteiger partial charge in [0.25, 0.3) is 0 Å². The normalized spacial score (nSPS) is 12.0. The van der Waals surface area contributed by atoms with Crippen molar-refractivity contribution in [3.05, 3.63) is 59.7 Å². The summed E-state index contributed by atoms with van der Waals surface area (Å²) in [5, 5.41) is 14.0. The highest BCUT2D eigenvalue weighted by Crippen LogP contribution is 2.24. The molecule has 0 aliphatic carbocycles. The molecule has 0 aliphatic heterocycles.